The maximum absolute atomic E-state index is 13.4. The molecule has 0 aromatic heterocycles. The Kier molecular flexibility index (Phi) is 4.52. The molecular formula is C10H10F3N3O2. The van der Waals surface area contributed by atoms with Crippen molar-refractivity contribution in [1.29, 1.82) is 0 Å². The molecule has 0 heterocycles. The van der Waals surface area contributed by atoms with Crippen LogP contribution in [0.25, 0.3) is 0 Å². The molecule has 1 aromatic carbocycles. The Morgan fingerprint density at radius 2 is 2.17 bits per heavy atom. The Morgan fingerprint density at radius 1 is 1.50 bits per heavy atom. The van der Waals surface area contributed by atoms with Crippen molar-refractivity contribution in [2.45, 2.75) is 6.92 Å². The van der Waals surface area contributed by atoms with Gasteiger partial charge in [0, 0.05) is 6.07 Å². The average molecular weight is 261 g/mol. The second kappa shape index (κ2) is 5.89. The highest BCUT2D eigenvalue weighted by atomic mass is 19.2. The van der Waals surface area contributed by atoms with Crippen LogP contribution in [0.15, 0.2) is 11.2 Å². The molecule has 5 nitrogen and oxygen atoms in total. The number of urea groups is 1. The first-order chi connectivity index (χ1) is 8.47. The average Bonchev–Trinajstić information content (AvgIpc) is 2.30. The fourth-order valence-electron chi connectivity index (χ4n) is 1.14. The van der Waals surface area contributed by atoms with Crippen molar-refractivity contribution >= 4 is 12.2 Å². The Balaban J connectivity index is 3.17. The number of primary amides is 1. The number of hydrogen-bond acceptors (Lipinski definition) is 3. The Morgan fingerprint density at radius 3 is 2.72 bits per heavy atom. The summed E-state index contributed by atoms with van der Waals surface area (Å²) in [5.41, 5.74) is 6.09. The van der Waals surface area contributed by atoms with Gasteiger partial charge >= 0.3 is 6.03 Å². The molecule has 1 rings (SSSR count). The maximum Gasteiger partial charge on any atom is 0.332 e. The molecule has 0 spiro atoms. The van der Waals surface area contributed by atoms with E-state index in [0.29, 0.717) is 6.07 Å². The van der Waals surface area contributed by atoms with E-state index < -0.39 is 29.0 Å². The molecule has 18 heavy (non-hydrogen) atoms. The number of benzene rings is 1. The summed E-state index contributed by atoms with van der Waals surface area (Å²) in [5.74, 6) is -4.73. The van der Waals surface area contributed by atoms with E-state index in [1.807, 2.05) is 0 Å². The lowest BCUT2D eigenvalue weighted by Gasteiger charge is -2.08. The van der Waals surface area contributed by atoms with Gasteiger partial charge in [-0.25, -0.2) is 23.4 Å². The van der Waals surface area contributed by atoms with Crippen molar-refractivity contribution in [1.82, 2.24) is 5.43 Å². The van der Waals surface area contributed by atoms with E-state index in [1.165, 1.54) is 0 Å². The molecule has 0 radical (unpaired) electrons. The highest BCUT2D eigenvalue weighted by Gasteiger charge is 2.18. The van der Waals surface area contributed by atoms with Crippen LogP contribution in [0.1, 0.15) is 12.5 Å². The van der Waals surface area contributed by atoms with Gasteiger partial charge in [-0.3, -0.25) is 0 Å². The SMILES string of the molecule is CCOc1cc(F)c(F)c(F)c1C=NNC(N)=O. The molecule has 0 saturated heterocycles. The normalized spacial score (nSPS) is 10.7. The number of carbonyl (C=O) groups is 1. The highest BCUT2D eigenvalue weighted by Crippen LogP contribution is 2.24. The number of carbonyl (C=O) groups excluding carboxylic acids is 1. The highest BCUT2D eigenvalue weighted by molar-refractivity contribution is 5.85. The summed E-state index contributed by atoms with van der Waals surface area (Å²) in [4.78, 5) is 10.3. The summed E-state index contributed by atoms with van der Waals surface area (Å²) in [6.45, 7) is 1.70. The first-order valence-corrected chi connectivity index (χ1v) is 4.86. The molecule has 0 aliphatic rings. The van der Waals surface area contributed by atoms with E-state index in [-0.39, 0.29) is 12.4 Å². The van der Waals surface area contributed by atoms with Crippen molar-refractivity contribution in [3.63, 3.8) is 0 Å². The molecule has 0 bridgehead atoms. The second-order valence-corrected chi connectivity index (χ2v) is 3.07. The van der Waals surface area contributed by atoms with Gasteiger partial charge in [0.2, 0.25) is 0 Å². The number of ether oxygens (including phenoxy) is 1. The summed E-state index contributed by atoms with van der Waals surface area (Å²) in [5, 5.41) is 3.26. The van der Waals surface area contributed by atoms with Crippen LogP contribution in [0.2, 0.25) is 0 Å². The molecule has 0 aliphatic carbocycles. The predicted octanol–water partition coefficient (Wildman–Crippen LogP) is 1.50. The Bertz CT molecular complexity index is 492. The molecule has 1 aromatic rings. The van der Waals surface area contributed by atoms with Crippen molar-refractivity contribution in [3.8, 4) is 5.75 Å². The van der Waals surface area contributed by atoms with Gasteiger partial charge in [-0.1, -0.05) is 0 Å². The van der Waals surface area contributed by atoms with Gasteiger partial charge in [-0.2, -0.15) is 5.10 Å². The van der Waals surface area contributed by atoms with Gasteiger partial charge in [0.05, 0.1) is 18.4 Å². The summed E-state index contributed by atoms with van der Waals surface area (Å²) in [6, 6.07) is -0.291. The molecule has 0 saturated carbocycles. The van der Waals surface area contributed by atoms with Crippen LogP contribution in [-0.4, -0.2) is 18.9 Å². The van der Waals surface area contributed by atoms with Gasteiger partial charge in [-0.05, 0) is 6.92 Å². The van der Waals surface area contributed by atoms with Gasteiger partial charge in [0.1, 0.15) is 5.75 Å². The number of hydrogen-bond donors (Lipinski definition) is 2. The summed E-state index contributed by atoms with van der Waals surface area (Å²) in [7, 11) is 0. The van der Waals surface area contributed by atoms with E-state index >= 15 is 0 Å². The summed E-state index contributed by atoms with van der Waals surface area (Å²) in [6.07, 6.45) is 0.771. The van der Waals surface area contributed by atoms with Crippen LogP contribution in [-0.2, 0) is 0 Å². The first-order valence-electron chi connectivity index (χ1n) is 4.86. The fourth-order valence-corrected chi connectivity index (χ4v) is 1.14. The van der Waals surface area contributed by atoms with Gasteiger partial charge in [0.15, 0.2) is 17.5 Å². The predicted molar refractivity (Wildman–Crippen MR) is 57.8 cm³/mol. The zero-order valence-electron chi connectivity index (χ0n) is 9.34. The van der Waals surface area contributed by atoms with Gasteiger partial charge < -0.3 is 10.5 Å². The largest absolute Gasteiger partial charge is 0.493 e. The second-order valence-electron chi connectivity index (χ2n) is 3.07. The number of hydrazone groups is 1. The zero-order chi connectivity index (χ0) is 13.7. The third-order valence-corrected chi connectivity index (χ3v) is 1.83. The Labute approximate surface area is 100 Å². The van der Waals surface area contributed by atoms with Crippen LogP contribution in [0, 0.1) is 17.5 Å². The van der Waals surface area contributed by atoms with Crippen LogP contribution in [0.5, 0.6) is 5.75 Å². The molecule has 98 valence electrons. The minimum absolute atomic E-state index is 0.120. The van der Waals surface area contributed by atoms with Crippen LogP contribution >= 0.6 is 0 Å². The number of nitrogens with two attached hydrogens (primary N) is 1. The third-order valence-electron chi connectivity index (χ3n) is 1.83. The quantitative estimate of drug-likeness (QED) is 0.489. The van der Waals surface area contributed by atoms with Crippen molar-refractivity contribution in [2.75, 3.05) is 6.61 Å². The molecule has 2 amide bonds. The third kappa shape index (κ3) is 3.12. The van der Waals surface area contributed by atoms with E-state index in [4.69, 9.17) is 10.5 Å². The minimum atomic E-state index is -1.65. The smallest absolute Gasteiger partial charge is 0.332 e. The van der Waals surface area contributed by atoms with Crippen molar-refractivity contribution < 1.29 is 22.7 Å². The van der Waals surface area contributed by atoms with Crippen molar-refractivity contribution in [2.24, 2.45) is 10.8 Å². The summed E-state index contributed by atoms with van der Waals surface area (Å²) >= 11 is 0. The standard InChI is InChI=1S/C10H10F3N3O2/c1-2-18-7-3-6(11)9(13)8(12)5(7)4-15-16-10(14)17/h3-4H,2H2,1H3,(H3,14,16,17). The monoisotopic (exact) mass is 261 g/mol. The molecule has 0 unspecified atom stereocenters. The lowest BCUT2D eigenvalue weighted by Crippen LogP contribution is -2.24. The molecule has 0 atom stereocenters. The molecule has 0 aliphatic heterocycles. The van der Waals surface area contributed by atoms with Crippen LogP contribution in [0.4, 0.5) is 18.0 Å². The van der Waals surface area contributed by atoms with E-state index in [0.717, 1.165) is 6.21 Å². The summed E-state index contributed by atoms with van der Waals surface area (Å²) < 4.78 is 44.4. The first kappa shape index (κ1) is 13.8. The minimum Gasteiger partial charge on any atom is -0.493 e. The number of nitrogens with one attached hydrogen (secondary N) is 1. The lowest BCUT2D eigenvalue weighted by molar-refractivity contribution is 0.249. The number of halogens is 3. The van der Waals surface area contributed by atoms with Gasteiger partial charge in [-0.15, -0.1) is 0 Å². The van der Waals surface area contributed by atoms with Crippen molar-refractivity contribution in [3.05, 3.63) is 29.1 Å². The molecule has 0 fully saturated rings. The zero-order valence-corrected chi connectivity index (χ0v) is 9.34. The molecule has 3 N–H and O–H groups in total. The maximum atomic E-state index is 13.4. The number of nitrogens with zero attached hydrogens (tertiary/aromatic N) is 1. The number of amides is 2. The molecular weight excluding hydrogens is 251 g/mol. The number of rotatable bonds is 4. The van der Waals surface area contributed by atoms with E-state index in [2.05, 4.69) is 5.10 Å². The van der Waals surface area contributed by atoms with Crippen LogP contribution < -0.4 is 15.9 Å². The van der Waals surface area contributed by atoms with Crippen LogP contribution in [0.3, 0.4) is 0 Å². The fraction of sp³-hybridized carbons (Fsp3) is 0.200. The topological polar surface area (TPSA) is 76.7 Å². The van der Waals surface area contributed by atoms with E-state index in [1.54, 1.807) is 12.3 Å². The van der Waals surface area contributed by atoms with Gasteiger partial charge in [0.25, 0.3) is 0 Å². The Hall–Kier alpha value is -2.25. The van der Waals surface area contributed by atoms with E-state index in [9.17, 15) is 18.0 Å². The molecule has 8 heteroatoms. The lowest BCUT2D eigenvalue weighted by atomic mass is 10.2.